The monoisotopic (exact) mass is 455 g/mol. The number of aryl methyl sites for hydroxylation is 1. The van der Waals surface area contributed by atoms with E-state index in [1.54, 1.807) is 34.6 Å². The van der Waals surface area contributed by atoms with Gasteiger partial charge in [-0.15, -0.1) is 11.3 Å². The Kier molecular flexibility index (Phi) is 6.58. The molecule has 0 spiro atoms. The average molecular weight is 456 g/mol. The Morgan fingerprint density at radius 1 is 1.22 bits per heavy atom. The zero-order valence-corrected chi connectivity index (χ0v) is 18.7. The summed E-state index contributed by atoms with van der Waals surface area (Å²) < 4.78 is 7.71. The highest BCUT2D eigenvalue weighted by Gasteiger charge is 2.25. The van der Waals surface area contributed by atoms with Crippen molar-refractivity contribution in [2.24, 2.45) is 12.8 Å². The average Bonchev–Trinajstić information content (AvgIpc) is 3.32. The minimum absolute atomic E-state index is 0.126. The van der Waals surface area contributed by atoms with Gasteiger partial charge in [-0.25, -0.2) is 9.97 Å². The van der Waals surface area contributed by atoms with Gasteiger partial charge in [-0.2, -0.15) is 5.10 Å². The number of nitrogens with zero attached hydrogens (tertiary/aromatic N) is 4. The van der Waals surface area contributed by atoms with Crippen molar-refractivity contribution in [2.45, 2.75) is 38.3 Å². The molecule has 0 aromatic carbocycles. The molecule has 11 heteroatoms. The summed E-state index contributed by atoms with van der Waals surface area (Å²) in [6, 6.07) is 3.62. The minimum atomic E-state index is -0.324. The maximum absolute atomic E-state index is 12.9. The van der Waals surface area contributed by atoms with Gasteiger partial charge in [-0.3, -0.25) is 14.3 Å². The summed E-state index contributed by atoms with van der Waals surface area (Å²) in [5.74, 6) is -0.0539. The van der Waals surface area contributed by atoms with Crippen LogP contribution < -0.4 is 16.4 Å². The molecule has 0 aliphatic carbocycles. The number of carbonyl (C=O) groups is 2. The molecule has 2 atom stereocenters. The smallest absolute Gasteiger partial charge is 0.275 e. The van der Waals surface area contributed by atoms with E-state index in [1.165, 1.54) is 18.3 Å². The highest BCUT2D eigenvalue weighted by molar-refractivity contribution is 7.13. The second kappa shape index (κ2) is 9.55. The zero-order valence-electron chi connectivity index (χ0n) is 17.9. The Labute approximate surface area is 189 Å². The fourth-order valence-electron chi connectivity index (χ4n) is 3.57. The fourth-order valence-corrected chi connectivity index (χ4v) is 4.36. The number of carbonyl (C=O) groups excluding carboxylic acids is 2. The van der Waals surface area contributed by atoms with Gasteiger partial charge in [0.2, 0.25) is 5.91 Å². The van der Waals surface area contributed by atoms with Gasteiger partial charge >= 0.3 is 0 Å². The Hall–Kier alpha value is -3.15. The summed E-state index contributed by atoms with van der Waals surface area (Å²) in [6.45, 7) is 2.00. The van der Waals surface area contributed by atoms with Crippen LogP contribution in [0.3, 0.4) is 0 Å². The molecule has 0 saturated carbocycles. The quantitative estimate of drug-likeness (QED) is 0.538. The molecule has 10 nitrogen and oxygen atoms in total. The molecule has 4 N–H and O–H groups in total. The number of aromatic nitrogens is 4. The lowest BCUT2D eigenvalue weighted by Gasteiger charge is -2.17. The highest BCUT2D eigenvalue weighted by atomic mass is 32.1. The molecule has 3 aromatic rings. The van der Waals surface area contributed by atoms with E-state index in [0.29, 0.717) is 28.8 Å². The minimum Gasteiger partial charge on any atom is -0.372 e. The van der Waals surface area contributed by atoms with Crippen LogP contribution in [0.4, 0.5) is 11.5 Å². The van der Waals surface area contributed by atoms with Crippen molar-refractivity contribution in [1.29, 1.82) is 0 Å². The second-order valence-electron chi connectivity index (χ2n) is 7.66. The number of hydrogen-bond acceptors (Lipinski definition) is 8. The van der Waals surface area contributed by atoms with Crippen molar-refractivity contribution in [1.82, 2.24) is 19.7 Å². The number of thiazole rings is 1. The Morgan fingerprint density at radius 2 is 2.06 bits per heavy atom. The molecule has 4 heterocycles. The second-order valence-corrected chi connectivity index (χ2v) is 8.52. The first-order chi connectivity index (χ1) is 15.4. The van der Waals surface area contributed by atoms with Crippen LogP contribution in [0.25, 0.3) is 10.6 Å². The van der Waals surface area contributed by atoms with E-state index in [1.807, 2.05) is 7.05 Å². The summed E-state index contributed by atoms with van der Waals surface area (Å²) in [6.07, 6.45) is 5.50. The maximum atomic E-state index is 12.9. The fraction of sp³-hybridized carbons (Fsp3) is 0.381. The van der Waals surface area contributed by atoms with Gasteiger partial charge < -0.3 is 21.1 Å². The van der Waals surface area contributed by atoms with Gasteiger partial charge in [0.05, 0.1) is 17.6 Å². The van der Waals surface area contributed by atoms with Crippen LogP contribution in [0.1, 0.15) is 48.5 Å². The third-order valence-corrected chi connectivity index (χ3v) is 6.09. The van der Waals surface area contributed by atoms with E-state index >= 15 is 0 Å². The number of rotatable bonds is 5. The third-order valence-electron chi connectivity index (χ3n) is 5.20. The number of anilines is 2. The first-order valence-electron chi connectivity index (χ1n) is 10.3. The third kappa shape index (κ3) is 5.01. The highest BCUT2D eigenvalue weighted by Crippen LogP contribution is 2.32. The van der Waals surface area contributed by atoms with Crippen LogP contribution in [0, 0.1) is 0 Å². The molecule has 0 radical (unpaired) electrons. The van der Waals surface area contributed by atoms with E-state index in [2.05, 4.69) is 25.7 Å². The molecule has 2 unspecified atom stereocenters. The van der Waals surface area contributed by atoms with Gasteiger partial charge in [0.15, 0.2) is 0 Å². The number of nitrogens with two attached hydrogens (primary N) is 1. The van der Waals surface area contributed by atoms with E-state index in [0.717, 1.165) is 30.5 Å². The summed E-state index contributed by atoms with van der Waals surface area (Å²) in [7, 11) is 1.83. The summed E-state index contributed by atoms with van der Waals surface area (Å²) in [5.41, 5.74) is 8.54. The first-order valence-corrected chi connectivity index (χ1v) is 11.2. The van der Waals surface area contributed by atoms with Crippen LogP contribution in [-0.4, -0.2) is 44.2 Å². The van der Waals surface area contributed by atoms with Crippen LogP contribution in [0.15, 0.2) is 29.9 Å². The summed E-state index contributed by atoms with van der Waals surface area (Å²) in [4.78, 5) is 32.6. The zero-order chi connectivity index (χ0) is 22.7. The molecule has 168 valence electrons. The Morgan fingerprint density at radius 3 is 2.81 bits per heavy atom. The number of pyridine rings is 1. The lowest BCUT2D eigenvalue weighted by Crippen LogP contribution is -2.19. The van der Waals surface area contributed by atoms with Crippen molar-refractivity contribution in [2.75, 3.05) is 17.2 Å². The topological polar surface area (TPSA) is 137 Å². The van der Waals surface area contributed by atoms with Crippen molar-refractivity contribution < 1.29 is 14.3 Å². The van der Waals surface area contributed by atoms with E-state index < -0.39 is 0 Å². The van der Waals surface area contributed by atoms with Crippen LogP contribution in [0.5, 0.6) is 0 Å². The summed E-state index contributed by atoms with van der Waals surface area (Å²) >= 11 is 1.34. The van der Waals surface area contributed by atoms with Gasteiger partial charge in [-0.05, 0) is 31.4 Å². The normalized spacial score (nSPS) is 18.7. The standard InChI is InChI=1S/C21H25N7O3S/c1-12(29)25-18-6-3-13(9-23-18)21-27-16(11-32-21)20(30)26-15-10-24-28(2)19(15)17-5-4-14(22)7-8-31-17/h3,6,9-11,14,17H,4-5,7-8,22H2,1-2H3,(H,26,30)(H,23,25,29). The van der Waals surface area contributed by atoms with E-state index in [9.17, 15) is 9.59 Å². The predicted molar refractivity (Wildman–Crippen MR) is 121 cm³/mol. The van der Waals surface area contributed by atoms with E-state index in [-0.39, 0.29) is 24.0 Å². The van der Waals surface area contributed by atoms with Crippen molar-refractivity contribution in [3.63, 3.8) is 0 Å². The van der Waals surface area contributed by atoms with Crippen molar-refractivity contribution in [3.8, 4) is 10.6 Å². The molecule has 3 aromatic heterocycles. The lowest BCUT2D eigenvalue weighted by molar-refractivity contribution is -0.114. The molecule has 1 fully saturated rings. The Bertz CT molecular complexity index is 1110. The molecule has 32 heavy (non-hydrogen) atoms. The van der Waals surface area contributed by atoms with Gasteiger partial charge in [0, 0.05) is 43.8 Å². The molecule has 2 amide bonds. The molecule has 1 aliphatic heterocycles. The first kappa shape index (κ1) is 22.1. The van der Waals surface area contributed by atoms with Crippen molar-refractivity contribution >= 4 is 34.7 Å². The SMILES string of the molecule is CC(=O)Nc1ccc(-c2nc(C(=O)Nc3cnn(C)c3C3CCC(N)CCO3)cs2)cn1. The lowest BCUT2D eigenvalue weighted by atomic mass is 10.1. The van der Waals surface area contributed by atoms with Crippen LogP contribution >= 0.6 is 11.3 Å². The molecule has 1 aliphatic rings. The van der Waals surface area contributed by atoms with Gasteiger partial charge in [0.1, 0.15) is 22.6 Å². The van der Waals surface area contributed by atoms with E-state index in [4.69, 9.17) is 10.5 Å². The van der Waals surface area contributed by atoms with Crippen LogP contribution in [0.2, 0.25) is 0 Å². The molecular formula is C21H25N7O3S. The molecule has 4 rings (SSSR count). The van der Waals surface area contributed by atoms with Gasteiger partial charge in [-0.1, -0.05) is 0 Å². The number of hydrogen-bond donors (Lipinski definition) is 3. The predicted octanol–water partition coefficient (Wildman–Crippen LogP) is 2.72. The Balaban J connectivity index is 1.48. The molecule has 1 saturated heterocycles. The molecular weight excluding hydrogens is 430 g/mol. The summed E-state index contributed by atoms with van der Waals surface area (Å²) in [5, 5.41) is 12.2. The number of nitrogens with one attached hydrogen (secondary N) is 2. The van der Waals surface area contributed by atoms with Crippen molar-refractivity contribution in [3.05, 3.63) is 41.3 Å². The van der Waals surface area contributed by atoms with Crippen LogP contribution in [-0.2, 0) is 16.6 Å². The number of ether oxygens (including phenoxy) is 1. The van der Waals surface area contributed by atoms with Gasteiger partial charge in [0.25, 0.3) is 5.91 Å². The largest absolute Gasteiger partial charge is 0.372 e. The maximum Gasteiger partial charge on any atom is 0.275 e. The number of amides is 2. The molecule has 0 bridgehead atoms.